The molecule has 2 aromatic rings. The molecule has 0 fully saturated rings. The van der Waals surface area contributed by atoms with Gasteiger partial charge in [-0.25, -0.2) is 9.59 Å². The van der Waals surface area contributed by atoms with Gasteiger partial charge in [-0.3, -0.25) is 4.90 Å². The lowest BCUT2D eigenvalue weighted by molar-refractivity contribution is 0.0696. The van der Waals surface area contributed by atoms with Crippen LogP contribution in [0.4, 0.5) is 10.5 Å². The number of hydrogen-bond acceptors (Lipinski definition) is 3. The van der Waals surface area contributed by atoms with Crippen LogP contribution < -0.4 is 9.64 Å². The normalized spacial score (nSPS) is 12.7. The highest BCUT2D eigenvalue weighted by molar-refractivity contribution is 5.94. The molecule has 0 unspecified atom stereocenters. The van der Waals surface area contributed by atoms with Gasteiger partial charge >= 0.3 is 12.1 Å². The third kappa shape index (κ3) is 2.27. The summed E-state index contributed by atoms with van der Waals surface area (Å²) in [5, 5.41) is 18.4. The molecule has 2 N–H and O–H groups in total. The number of nitrogens with zero attached hydrogens (tertiary/aromatic N) is 1. The molecule has 0 saturated carbocycles. The standard InChI is InChI=1S/C15H11NO5/c17-14(18)9-5-6-13-11(7-9)16(15(19)20)8-10-3-1-2-4-12(10)21-13/h1-7H,8H2,(H,17,18)(H,19,20). The van der Waals surface area contributed by atoms with Crippen LogP contribution in [0.15, 0.2) is 42.5 Å². The summed E-state index contributed by atoms with van der Waals surface area (Å²) in [6.07, 6.45) is -1.17. The van der Waals surface area contributed by atoms with E-state index in [1.165, 1.54) is 18.2 Å². The van der Waals surface area contributed by atoms with Gasteiger partial charge in [0.2, 0.25) is 0 Å². The maximum absolute atomic E-state index is 11.5. The van der Waals surface area contributed by atoms with Crippen molar-refractivity contribution in [1.29, 1.82) is 0 Å². The molecule has 2 aromatic carbocycles. The van der Waals surface area contributed by atoms with Crippen molar-refractivity contribution in [3.05, 3.63) is 53.6 Å². The minimum Gasteiger partial charge on any atom is -0.478 e. The average molecular weight is 285 g/mol. The number of carboxylic acids is 1. The fraction of sp³-hybridized carbons (Fsp3) is 0.0667. The lowest BCUT2D eigenvalue weighted by Gasteiger charge is -2.18. The van der Waals surface area contributed by atoms with Gasteiger partial charge in [-0.05, 0) is 24.3 Å². The second-order valence-corrected chi connectivity index (χ2v) is 4.57. The predicted octanol–water partition coefficient (Wildman–Crippen LogP) is 3.18. The Morgan fingerprint density at radius 2 is 1.81 bits per heavy atom. The lowest BCUT2D eigenvalue weighted by atomic mass is 10.1. The van der Waals surface area contributed by atoms with Crippen molar-refractivity contribution in [3.63, 3.8) is 0 Å². The van der Waals surface area contributed by atoms with Gasteiger partial charge in [0.1, 0.15) is 5.75 Å². The summed E-state index contributed by atoms with van der Waals surface area (Å²) in [6, 6.07) is 11.3. The van der Waals surface area contributed by atoms with Crippen molar-refractivity contribution in [3.8, 4) is 11.5 Å². The van der Waals surface area contributed by atoms with Gasteiger partial charge < -0.3 is 14.9 Å². The van der Waals surface area contributed by atoms with E-state index < -0.39 is 12.1 Å². The smallest absolute Gasteiger partial charge is 0.412 e. The molecule has 3 rings (SSSR count). The second-order valence-electron chi connectivity index (χ2n) is 4.57. The summed E-state index contributed by atoms with van der Waals surface area (Å²) in [4.78, 5) is 23.6. The first-order valence-corrected chi connectivity index (χ1v) is 6.20. The molecule has 6 heteroatoms. The Morgan fingerprint density at radius 3 is 2.52 bits per heavy atom. The predicted molar refractivity (Wildman–Crippen MR) is 74.1 cm³/mol. The molecule has 1 aliphatic heterocycles. The fourth-order valence-corrected chi connectivity index (χ4v) is 2.23. The molecule has 1 amide bonds. The molecule has 0 radical (unpaired) electrons. The highest BCUT2D eigenvalue weighted by atomic mass is 16.5. The fourth-order valence-electron chi connectivity index (χ4n) is 2.23. The minimum atomic E-state index is -1.17. The van der Waals surface area contributed by atoms with Crippen molar-refractivity contribution in [2.24, 2.45) is 0 Å². The first-order chi connectivity index (χ1) is 10.1. The Balaban J connectivity index is 2.17. The van der Waals surface area contributed by atoms with Crippen molar-refractivity contribution < 1.29 is 24.5 Å². The SMILES string of the molecule is O=C(O)c1ccc2c(c1)N(C(=O)O)Cc1ccccc1O2. The molecule has 1 heterocycles. The van der Waals surface area contributed by atoms with Crippen LogP contribution >= 0.6 is 0 Å². The third-order valence-corrected chi connectivity index (χ3v) is 3.25. The quantitative estimate of drug-likeness (QED) is 0.840. The Morgan fingerprint density at radius 1 is 1.05 bits per heavy atom. The number of aromatic carboxylic acids is 1. The summed E-state index contributed by atoms with van der Waals surface area (Å²) < 4.78 is 5.72. The van der Waals surface area contributed by atoms with Crippen molar-refractivity contribution in [2.45, 2.75) is 6.54 Å². The Kier molecular flexibility index (Phi) is 2.98. The third-order valence-electron chi connectivity index (χ3n) is 3.25. The Hall–Kier alpha value is -3.02. The summed E-state index contributed by atoms with van der Waals surface area (Å²) in [5.74, 6) is -0.247. The molecule has 0 aliphatic carbocycles. The highest BCUT2D eigenvalue weighted by Gasteiger charge is 2.25. The number of para-hydroxylation sites is 1. The number of carboxylic acid groups (broad SMARTS) is 2. The molecule has 0 atom stereocenters. The van der Waals surface area contributed by atoms with Gasteiger partial charge in [-0.1, -0.05) is 18.2 Å². The van der Waals surface area contributed by atoms with E-state index >= 15 is 0 Å². The largest absolute Gasteiger partial charge is 0.478 e. The van der Waals surface area contributed by atoms with Crippen LogP contribution in [-0.2, 0) is 6.54 Å². The number of ether oxygens (including phenoxy) is 1. The van der Waals surface area contributed by atoms with Gasteiger partial charge in [-0.2, -0.15) is 0 Å². The van der Waals surface area contributed by atoms with E-state index in [1.807, 2.05) is 0 Å². The summed E-state index contributed by atoms with van der Waals surface area (Å²) in [5.41, 5.74) is 0.945. The minimum absolute atomic E-state index is 0.00885. The number of fused-ring (bicyclic) bond motifs is 2. The number of carbonyl (C=O) groups is 2. The Labute approximate surface area is 119 Å². The van der Waals surface area contributed by atoms with E-state index in [4.69, 9.17) is 9.84 Å². The zero-order valence-corrected chi connectivity index (χ0v) is 10.8. The molecule has 106 valence electrons. The van der Waals surface area contributed by atoms with Crippen molar-refractivity contribution in [2.75, 3.05) is 4.90 Å². The molecule has 0 bridgehead atoms. The first-order valence-electron chi connectivity index (χ1n) is 6.20. The number of rotatable bonds is 1. The maximum Gasteiger partial charge on any atom is 0.412 e. The van der Waals surface area contributed by atoms with Crippen LogP contribution in [0.25, 0.3) is 0 Å². The second kappa shape index (κ2) is 4.82. The summed E-state index contributed by atoms with van der Waals surface area (Å²) >= 11 is 0. The zero-order chi connectivity index (χ0) is 15.0. The van der Waals surface area contributed by atoms with Gasteiger partial charge in [0, 0.05) is 5.56 Å². The number of hydrogen-bond donors (Lipinski definition) is 2. The molecule has 0 saturated heterocycles. The van der Waals surface area contributed by atoms with E-state index in [9.17, 15) is 14.7 Å². The van der Waals surface area contributed by atoms with Crippen LogP contribution in [0.2, 0.25) is 0 Å². The molecule has 21 heavy (non-hydrogen) atoms. The molecule has 0 aromatic heterocycles. The van der Waals surface area contributed by atoms with Crippen LogP contribution in [-0.4, -0.2) is 22.3 Å². The molecular formula is C15H11NO5. The van der Waals surface area contributed by atoms with Gasteiger partial charge in [0.15, 0.2) is 5.75 Å². The van der Waals surface area contributed by atoms with E-state index in [1.54, 1.807) is 24.3 Å². The molecule has 6 nitrogen and oxygen atoms in total. The summed E-state index contributed by atoms with van der Waals surface area (Å²) in [6.45, 7) is 0.0988. The van der Waals surface area contributed by atoms with Gasteiger partial charge in [-0.15, -0.1) is 0 Å². The Bertz CT molecular complexity index is 741. The van der Waals surface area contributed by atoms with E-state index in [2.05, 4.69) is 0 Å². The van der Waals surface area contributed by atoms with Crippen LogP contribution in [0.3, 0.4) is 0 Å². The van der Waals surface area contributed by atoms with E-state index in [-0.39, 0.29) is 17.8 Å². The summed E-state index contributed by atoms with van der Waals surface area (Å²) in [7, 11) is 0. The topological polar surface area (TPSA) is 87.1 Å². The van der Waals surface area contributed by atoms with E-state index in [0.717, 1.165) is 4.90 Å². The van der Waals surface area contributed by atoms with Crippen LogP contribution in [0.5, 0.6) is 11.5 Å². The highest BCUT2D eigenvalue weighted by Crippen LogP contribution is 2.39. The van der Waals surface area contributed by atoms with Crippen LogP contribution in [0, 0.1) is 0 Å². The van der Waals surface area contributed by atoms with Crippen molar-refractivity contribution in [1.82, 2.24) is 0 Å². The average Bonchev–Trinajstić information content (AvgIpc) is 2.62. The van der Waals surface area contributed by atoms with Gasteiger partial charge in [0.25, 0.3) is 0 Å². The van der Waals surface area contributed by atoms with E-state index in [0.29, 0.717) is 17.1 Å². The number of anilines is 1. The molecule has 1 aliphatic rings. The van der Waals surface area contributed by atoms with Gasteiger partial charge in [0.05, 0.1) is 17.8 Å². The number of amides is 1. The first kappa shape index (κ1) is 13.0. The number of benzene rings is 2. The molecule has 0 spiro atoms. The molecular weight excluding hydrogens is 274 g/mol. The monoisotopic (exact) mass is 285 g/mol. The lowest BCUT2D eigenvalue weighted by Crippen LogP contribution is -2.28. The zero-order valence-electron chi connectivity index (χ0n) is 10.8. The maximum atomic E-state index is 11.5. The van der Waals surface area contributed by atoms with Crippen LogP contribution in [0.1, 0.15) is 15.9 Å². The van der Waals surface area contributed by atoms with Crippen molar-refractivity contribution >= 4 is 17.7 Å².